The molecule has 0 aliphatic heterocycles. The summed E-state index contributed by atoms with van der Waals surface area (Å²) in [7, 11) is 0. The maximum Gasteiger partial charge on any atom is 0.452 e. The van der Waals surface area contributed by atoms with E-state index in [1.807, 2.05) is 30.3 Å². The summed E-state index contributed by atoms with van der Waals surface area (Å²) in [4.78, 5) is 15.6. The van der Waals surface area contributed by atoms with Gasteiger partial charge in [-0.3, -0.25) is 4.79 Å². The molecule has 0 amide bonds. The van der Waals surface area contributed by atoms with Gasteiger partial charge in [0, 0.05) is 18.1 Å². The Hall–Kier alpha value is -2.16. The molecule has 1 heterocycles. The van der Waals surface area contributed by atoms with Crippen LogP contribution < -0.4 is 4.90 Å². The monoisotopic (exact) mass is 331 g/mol. The predicted molar refractivity (Wildman–Crippen MR) is 74.9 cm³/mol. The third kappa shape index (κ3) is 4.42. The summed E-state index contributed by atoms with van der Waals surface area (Å²) < 4.78 is 40.8. The first kappa shape index (κ1) is 16.2. The van der Waals surface area contributed by atoms with Crippen LogP contribution in [-0.4, -0.2) is 33.5 Å². The lowest BCUT2D eigenvalue weighted by Crippen LogP contribution is -2.31. The van der Waals surface area contributed by atoms with E-state index in [-0.39, 0.29) is 11.7 Å². The Balaban J connectivity index is 2.12. The highest BCUT2D eigenvalue weighted by molar-refractivity contribution is 7.09. The van der Waals surface area contributed by atoms with Crippen LogP contribution in [0, 0.1) is 0 Å². The van der Waals surface area contributed by atoms with Crippen molar-refractivity contribution in [2.75, 3.05) is 18.0 Å². The summed E-state index contributed by atoms with van der Waals surface area (Å²) in [6.07, 6.45) is -4.14. The number of carboxylic acid groups (broad SMARTS) is 1. The van der Waals surface area contributed by atoms with E-state index in [1.165, 1.54) is 4.90 Å². The van der Waals surface area contributed by atoms with Crippen molar-refractivity contribution in [3.8, 4) is 0 Å². The van der Waals surface area contributed by atoms with Crippen molar-refractivity contribution in [1.82, 2.24) is 9.36 Å². The minimum atomic E-state index is -4.64. The maximum atomic E-state index is 12.5. The zero-order valence-corrected chi connectivity index (χ0v) is 12.1. The summed E-state index contributed by atoms with van der Waals surface area (Å²) >= 11 is 0.543. The third-order valence-electron chi connectivity index (χ3n) is 2.78. The molecule has 1 aromatic heterocycles. The number of anilines is 1. The molecule has 0 aliphatic carbocycles. The predicted octanol–water partition coefficient (Wildman–Crippen LogP) is 2.69. The molecule has 22 heavy (non-hydrogen) atoms. The molecule has 2 aromatic rings. The van der Waals surface area contributed by atoms with Crippen LogP contribution in [0.1, 0.15) is 11.4 Å². The lowest BCUT2D eigenvalue weighted by molar-refractivity contribution is -0.144. The second-order valence-electron chi connectivity index (χ2n) is 4.45. The van der Waals surface area contributed by atoms with Crippen LogP contribution in [0.4, 0.5) is 18.3 Å². The quantitative estimate of drug-likeness (QED) is 0.881. The fourth-order valence-corrected chi connectivity index (χ4v) is 2.48. The number of hydrogen-bond acceptors (Lipinski definition) is 5. The molecule has 1 N–H and O–H groups in total. The molecule has 9 heteroatoms. The van der Waals surface area contributed by atoms with Gasteiger partial charge < -0.3 is 10.0 Å². The van der Waals surface area contributed by atoms with E-state index in [1.54, 1.807) is 0 Å². The minimum absolute atomic E-state index is 0.0503. The summed E-state index contributed by atoms with van der Waals surface area (Å²) in [6.45, 7) is -0.192. The summed E-state index contributed by atoms with van der Waals surface area (Å²) in [5, 5.41) is 8.85. The molecule has 0 saturated heterocycles. The number of nitrogens with zero attached hydrogens (tertiary/aromatic N) is 3. The molecule has 0 spiro atoms. The number of hydrogen-bond donors (Lipinski definition) is 1. The second kappa shape index (κ2) is 6.73. The van der Waals surface area contributed by atoms with E-state index in [0.717, 1.165) is 5.56 Å². The van der Waals surface area contributed by atoms with Crippen LogP contribution in [0.5, 0.6) is 0 Å². The highest BCUT2D eigenvalue weighted by Gasteiger charge is 2.36. The van der Waals surface area contributed by atoms with Crippen LogP contribution in [0.3, 0.4) is 0 Å². The Morgan fingerprint density at radius 3 is 2.50 bits per heavy atom. The van der Waals surface area contributed by atoms with Crippen molar-refractivity contribution in [2.24, 2.45) is 0 Å². The van der Waals surface area contributed by atoms with Crippen molar-refractivity contribution in [3.63, 3.8) is 0 Å². The van der Waals surface area contributed by atoms with Gasteiger partial charge >= 0.3 is 12.1 Å². The van der Waals surface area contributed by atoms with Gasteiger partial charge in [0.15, 0.2) is 0 Å². The van der Waals surface area contributed by atoms with Crippen LogP contribution in [-0.2, 0) is 17.4 Å². The zero-order chi connectivity index (χ0) is 16.2. The number of halogens is 3. The SMILES string of the molecule is O=C(O)CN(CCc1ccccc1)c1nc(C(F)(F)F)ns1. The molecule has 0 atom stereocenters. The van der Waals surface area contributed by atoms with Crippen molar-refractivity contribution >= 4 is 22.6 Å². The summed E-state index contributed by atoms with van der Waals surface area (Å²) in [5.41, 5.74) is 0.957. The van der Waals surface area contributed by atoms with E-state index in [9.17, 15) is 18.0 Å². The summed E-state index contributed by atoms with van der Waals surface area (Å²) in [5.74, 6) is -2.39. The average molecular weight is 331 g/mol. The number of alkyl halides is 3. The number of aromatic nitrogens is 2. The number of aliphatic carboxylic acids is 1. The van der Waals surface area contributed by atoms with Crippen LogP contribution in [0.25, 0.3) is 0 Å². The topological polar surface area (TPSA) is 66.3 Å². The molecule has 0 bridgehead atoms. The van der Waals surface area contributed by atoms with Gasteiger partial charge in [-0.1, -0.05) is 30.3 Å². The highest BCUT2D eigenvalue weighted by Crippen LogP contribution is 2.30. The van der Waals surface area contributed by atoms with Gasteiger partial charge in [-0.25, -0.2) is 0 Å². The molecule has 0 aliphatic rings. The van der Waals surface area contributed by atoms with E-state index in [2.05, 4.69) is 9.36 Å². The standard InChI is InChI=1S/C13H12F3N3O2S/c14-13(15,16)11-17-12(22-18-11)19(8-10(20)21)7-6-9-4-2-1-3-5-9/h1-5H,6-8H2,(H,20,21). The Morgan fingerprint density at radius 2 is 1.95 bits per heavy atom. The Bertz CT molecular complexity index is 631. The second-order valence-corrected chi connectivity index (χ2v) is 5.18. The maximum absolute atomic E-state index is 12.5. The van der Waals surface area contributed by atoms with Crippen LogP contribution >= 0.6 is 11.5 Å². The van der Waals surface area contributed by atoms with Gasteiger partial charge in [0.1, 0.15) is 6.54 Å². The molecule has 0 fully saturated rings. The lowest BCUT2D eigenvalue weighted by Gasteiger charge is -2.19. The molecule has 0 saturated carbocycles. The largest absolute Gasteiger partial charge is 0.480 e. The van der Waals surface area contributed by atoms with Gasteiger partial charge in [-0.15, -0.1) is 0 Å². The molecule has 0 radical (unpaired) electrons. The number of carboxylic acids is 1. The van der Waals surface area contributed by atoms with Crippen LogP contribution in [0.15, 0.2) is 30.3 Å². The lowest BCUT2D eigenvalue weighted by atomic mass is 10.1. The average Bonchev–Trinajstić information content (AvgIpc) is 2.94. The van der Waals surface area contributed by atoms with Crippen molar-refractivity contribution in [2.45, 2.75) is 12.6 Å². The molecule has 1 aromatic carbocycles. The Kier molecular flexibility index (Phi) is 4.96. The zero-order valence-electron chi connectivity index (χ0n) is 11.2. The fraction of sp³-hybridized carbons (Fsp3) is 0.308. The van der Waals surface area contributed by atoms with Crippen LogP contribution in [0.2, 0.25) is 0 Å². The molecule has 2 rings (SSSR count). The van der Waals surface area contributed by atoms with E-state index >= 15 is 0 Å². The van der Waals surface area contributed by atoms with E-state index < -0.39 is 24.5 Å². The van der Waals surface area contributed by atoms with E-state index in [0.29, 0.717) is 18.0 Å². The summed E-state index contributed by atoms with van der Waals surface area (Å²) in [6, 6.07) is 9.24. The minimum Gasteiger partial charge on any atom is -0.480 e. The first-order chi connectivity index (χ1) is 10.4. The van der Waals surface area contributed by atoms with E-state index in [4.69, 9.17) is 5.11 Å². The smallest absolute Gasteiger partial charge is 0.452 e. The molecule has 0 unspecified atom stereocenters. The van der Waals surface area contributed by atoms with Gasteiger partial charge in [0.05, 0.1) is 0 Å². The Labute approximate surface area is 128 Å². The highest BCUT2D eigenvalue weighted by atomic mass is 32.1. The van der Waals surface area contributed by atoms with Gasteiger partial charge in [0.25, 0.3) is 0 Å². The van der Waals surface area contributed by atoms with Crippen molar-refractivity contribution in [1.29, 1.82) is 0 Å². The van der Waals surface area contributed by atoms with Gasteiger partial charge in [0.2, 0.25) is 11.0 Å². The van der Waals surface area contributed by atoms with Gasteiger partial charge in [-0.05, 0) is 12.0 Å². The van der Waals surface area contributed by atoms with Crippen molar-refractivity contribution in [3.05, 3.63) is 41.7 Å². The number of carbonyl (C=O) groups is 1. The Morgan fingerprint density at radius 1 is 1.27 bits per heavy atom. The van der Waals surface area contributed by atoms with Gasteiger partial charge in [-0.2, -0.15) is 22.5 Å². The molecular formula is C13H12F3N3O2S. The normalized spacial score (nSPS) is 11.4. The number of benzene rings is 1. The molecule has 5 nitrogen and oxygen atoms in total. The first-order valence-electron chi connectivity index (χ1n) is 6.28. The first-order valence-corrected chi connectivity index (χ1v) is 7.05. The number of rotatable bonds is 6. The molecule has 118 valence electrons. The fourth-order valence-electron chi connectivity index (χ4n) is 1.77. The third-order valence-corrected chi connectivity index (χ3v) is 3.56. The molecular weight excluding hydrogens is 319 g/mol. The van der Waals surface area contributed by atoms with Crippen molar-refractivity contribution < 1.29 is 23.1 Å².